The Morgan fingerprint density at radius 1 is 1.00 bits per heavy atom. The van der Waals surface area contributed by atoms with Gasteiger partial charge < -0.3 is 0 Å². The van der Waals surface area contributed by atoms with Crippen molar-refractivity contribution in [1.29, 1.82) is 0 Å². The predicted molar refractivity (Wildman–Crippen MR) is 57.4 cm³/mol. The van der Waals surface area contributed by atoms with Gasteiger partial charge in [-0.1, -0.05) is 52.2 Å². The lowest BCUT2D eigenvalue weighted by Crippen LogP contribution is -1.85. The number of rotatable bonds is 7. The summed E-state index contributed by atoms with van der Waals surface area (Å²) in [6.07, 6.45) is 12.6. The van der Waals surface area contributed by atoms with Crippen LogP contribution < -0.4 is 0 Å². The van der Waals surface area contributed by atoms with E-state index in [1.165, 1.54) is 38.5 Å². The Kier molecular flexibility index (Phi) is 8.64. The molecular weight excluding hydrogens is 144 g/mol. The van der Waals surface area contributed by atoms with Crippen LogP contribution in [0.3, 0.4) is 0 Å². The Hall–Kier alpha value is -0.260. The molecule has 0 aliphatic heterocycles. The molecule has 0 heterocycles. The Morgan fingerprint density at radius 3 is 2.25 bits per heavy atom. The van der Waals surface area contributed by atoms with Gasteiger partial charge in [-0.25, -0.2) is 0 Å². The smallest absolute Gasteiger partial charge is 0.0351 e. The molecule has 0 N–H and O–H groups in total. The second-order valence-corrected chi connectivity index (χ2v) is 3.94. The van der Waals surface area contributed by atoms with Gasteiger partial charge in [-0.3, -0.25) is 0 Å². The third kappa shape index (κ3) is 9.74. The van der Waals surface area contributed by atoms with Crippen molar-refractivity contribution in [3.8, 4) is 0 Å². The van der Waals surface area contributed by atoms with Gasteiger partial charge >= 0.3 is 0 Å². The van der Waals surface area contributed by atoms with Gasteiger partial charge in [-0.05, 0) is 25.2 Å². The highest BCUT2D eigenvalue weighted by Crippen LogP contribution is 2.08. The summed E-state index contributed by atoms with van der Waals surface area (Å²) in [5, 5.41) is 0. The molecule has 0 amide bonds. The Balaban J connectivity index is 3.00. The second kappa shape index (κ2) is 8.83. The minimum Gasteiger partial charge on any atom is -0.0885 e. The van der Waals surface area contributed by atoms with Gasteiger partial charge in [0, 0.05) is 0 Å². The first-order valence-corrected chi connectivity index (χ1v) is 5.42. The van der Waals surface area contributed by atoms with Crippen molar-refractivity contribution >= 4 is 0 Å². The molecule has 0 aromatic rings. The molecule has 0 aliphatic rings. The van der Waals surface area contributed by atoms with E-state index in [4.69, 9.17) is 0 Å². The summed E-state index contributed by atoms with van der Waals surface area (Å²) in [5.41, 5.74) is 0. The standard InChI is InChI=1S/C12H24/c1-4-5-6-7-8-9-10-11-12(2)3/h6-7,12H,4-5,8-11H2,1-3H3/b7-6+. The van der Waals surface area contributed by atoms with E-state index in [0.29, 0.717) is 0 Å². The average Bonchev–Trinajstić information content (AvgIpc) is 2.02. The maximum Gasteiger partial charge on any atom is -0.0351 e. The summed E-state index contributed by atoms with van der Waals surface area (Å²) in [4.78, 5) is 0. The number of unbranched alkanes of at least 4 members (excludes halogenated alkanes) is 3. The van der Waals surface area contributed by atoms with E-state index < -0.39 is 0 Å². The van der Waals surface area contributed by atoms with Crippen molar-refractivity contribution in [2.24, 2.45) is 5.92 Å². The van der Waals surface area contributed by atoms with Gasteiger partial charge in [-0.2, -0.15) is 0 Å². The normalized spacial score (nSPS) is 11.7. The molecule has 0 rings (SSSR count). The first-order valence-electron chi connectivity index (χ1n) is 5.42. The third-order valence-electron chi connectivity index (χ3n) is 2.02. The molecule has 0 spiro atoms. The SMILES string of the molecule is CCC/C=C/CCCCC(C)C. The molecule has 0 heteroatoms. The van der Waals surface area contributed by atoms with Crippen LogP contribution in [-0.2, 0) is 0 Å². The van der Waals surface area contributed by atoms with Crippen molar-refractivity contribution in [2.75, 3.05) is 0 Å². The quantitative estimate of drug-likeness (QED) is 0.386. The predicted octanol–water partition coefficient (Wildman–Crippen LogP) is 4.56. The van der Waals surface area contributed by atoms with E-state index in [-0.39, 0.29) is 0 Å². The first kappa shape index (κ1) is 11.7. The van der Waals surface area contributed by atoms with Crippen molar-refractivity contribution in [3.05, 3.63) is 12.2 Å². The second-order valence-electron chi connectivity index (χ2n) is 3.94. The molecular formula is C12H24. The molecule has 0 unspecified atom stereocenters. The van der Waals surface area contributed by atoms with E-state index in [9.17, 15) is 0 Å². The molecule has 0 saturated carbocycles. The van der Waals surface area contributed by atoms with Crippen LogP contribution in [0.25, 0.3) is 0 Å². The van der Waals surface area contributed by atoms with Gasteiger partial charge in [0.15, 0.2) is 0 Å². The van der Waals surface area contributed by atoms with Crippen molar-refractivity contribution in [3.63, 3.8) is 0 Å². The van der Waals surface area contributed by atoms with Crippen molar-refractivity contribution in [1.82, 2.24) is 0 Å². The molecule has 0 radical (unpaired) electrons. The van der Waals surface area contributed by atoms with Crippen LogP contribution >= 0.6 is 0 Å². The zero-order chi connectivity index (χ0) is 9.23. The van der Waals surface area contributed by atoms with Crippen LogP contribution in [0.4, 0.5) is 0 Å². The lowest BCUT2D eigenvalue weighted by Gasteiger charge is -2.01. The van der Waals surface area contributed by atoms with Gasteiger partial charge in [0.25, 0.3) is 0 Å². The number of hydrogen-bond donors (Lipinski definition) is 0. The summed E-state index contributed by atoms with van der Waals surface area (Å²) in [6, 6.07) is 0. The monoisotopic (exact) mass is 168 g/mol. The molecule has 72 valence electrons. The maximum absolute atomic E-state index is 2.34. The van der Waals surface area contributed by atoms with Gasteiger partial charge in [0.2, 0.25) is 0 Å². The maximum atomic E-state index is 2.34. The van der Waals surface area contributed by atoms with Gasteiger partial charge in [0.1, 0.15) is 0 Å². The molecule has 0 bridgehead atoms. The first-order chi connectivity index (χ1) is 5.77. The van der Waals surface area contributed by atoms with Crippen molar-refractivity contribution in [2.45, 2.75) is 59.3 Å². The highest BCUT2D eigenvalue weighted by atomic mass is 14.0. The Bertz CT molecular complexity index is 101. The third-order valence-corrected chi connectivity index (χ3v) is 2.02. The van der Waals surface area contributed by atoms with E-state index >= 15 is 0 Å². The van der Waals surface area contributed by atoms with E-state index in [2.05, 4.69) is 32.9 Å². The highest BCUT2D eigenvalue weighted by Gasteiger charge is 1.91. The molecule has 0 aromatic carbocycles. The number of allylic oxidation sites excluding steroid dienone is 2. The fourth-order valence-corrected chi connectivity index (χ4v) is 1.22. The molecule has 12 heavy (non-hydrogen) atoms. The fourth-order valence-electron chi connectivity index (χ4n) is 1.22. The largest absolute Gasteiger partial charge is 0.0885 e. The van der Waals surface area contributed by atoms with Crippen LogP contribution in [0.5, 0.6) is 0 Å². The van der Waals surface area contributed by atoms with Crippen LogP contribution in [-0.4, -0.2) is 0 Å². The summed E-state index contributed by atoms with van der Waals surface area (Å²) in [5.74, 6) is 0.879. The molecule has 0 fully saturated rings. The zero-order valence-corrected chi connectivity index (χ0v) is 8.97. The lowest BCUT2D eigenvalue weighted by molar-refractivity contribution is 0.540. The summed E-state index contributed by atoms with van der Waals surface area (Å²) in [6.45, 7) is 6.82. The molecule has 0 aromatic heterocycles. The van der Waals surface area contributed by atoms with Crippen LogP contribution in [0, 0.1) is 5.92 Å². The van der Waals surface area contributed by atoms with Crippen LogP contribution in [0.2, 0.25) is 0 Å². The van der Waals surface area contributed by atoms with Crippen LogP contribution in [0.15, 0.2) is 12.2 Å². The average molecular weight is 168 g/mol. The Labute approximate surface area is 78.1 Å². The summed E-state index contributed by atoms with van der Waals surface area (Å²) >= 11 is 0. The van der Waals surface area contributed by atoms with E-state index in [1.807, 2.05) is 0 Å². The van der Waals surface area contributed by atoms with Gasteiger partial charge in [-0.15, -0.1) is 0 Å². The van der Waals surface area contributed by atoms with Crippen molar-refractivity contribution < 1.29 is 0 Å². The molecule has 0 atom stereocenters. The summed E-state index contributed by atoms with van der Waals surface area (Å²) in [7, 11) is 0. The molecule has 0 nitrogen and oxygen atoms in total. The Morgan fingerprint density at radius 2 is 1.67 bits per heavy atom. The summed E-state index contributed by atoms with van der Waals surface area (Å²) < 4.78 is 0. The lowest BCUT2D eigenvalue weighted by atomic mass is 10.1. The minimum atomic E-state index is 0.879. The van der Waals surface area contributed by atoms with Crippen LogP contribution in [0.1, 0.15) is 59.3 Å². The zero-order valence-electron chi connectivity index (χ0n) is 8.97. The number of hydrogen-bond acceptors (Lipinski definition) is 0. The topological polar surface area (TPSA) is 0 Å². The fraction of sp³-hybridized carbons (Fsp3) is 0.833. The minimum absolute atomic E-state index is 0.879. The highest BCUT2D eigenvalue weighted by molar-refractivity contribution is 4.80. The molecule has 0 aliphatic carbocycles. The van der Waals surface area contributed by atoms with E-state index in [1.54, 1.807) is 0 Å². The van der Waals surface area contributed by atoms with E-state index in [0.717, 1.165) is 5.92 Å². The molecule has 0 saturated heterocycles. The van der Waals surface area contributed by atoms with Gasteiger partial charge in [0.05, 0.1) is 0 Å².